The smallest absolute Gasteiger partial charge is 0.259 e. The molecule has 1 unspecified atom stereocenters. The number of fused-ring (bicyclic) bond motifs is 3. The number of aromatic nitrogens is 2. The van der Waals surface area contributed by atoms with Gasteiger partial charge in [-0.1, -0.05) is 13.8 Å². The maximum absolute atomic E-state index is 12.5. The van der Waals surface area contributed by atoms with Crippen molar-refractivity contribution < 1.29 is 5.11 Å². The van der Waals surface area contributed by atoms with Crippen molar-refractivity contribution in [1.82, 2.24) is 14.9 Å². The van der Waals surface area contributed by atoms with E-state index in [1.807, 2.05) is 0 Å². The molecule has 1 aliphatic rings. The fraction of sp³-hybridized carbons (Fsp3) is 0.647. The molecule has 2 aromatic heterocycles. The van der Waals surface area contributed by atoms with Gasteiger partial charge < -0.3 is 10.1 Å². The Bertz CT molecular complexity index is 738. The summed E-state index contributed by atoms with van der Waals surface area (Å²) in [6.07, 6.45) is 2.83. The largest absolute Gasteiger partial charge is 0.392 e. The van der Waals surface area contributed by atoms with Crippen LogP contribution in [0.4, 0.5) is 0 Å². The molecule has 0 aromatic carbocycles. The van der Waals surface area contributed by atoms with Crippen LogP contribution in [-0.2, 0) is 19.4 Å². The number of rotatable bonds is 6. The van der Waals surface area contributed by atoms with Crippen LogP contribution < -0.4 is 5.56 Å². The number of aryl methyl sites for hydroxylation is 2. The number of aliphatic hydroxyl groups excluding tert-OH is 1. The topological polar surface area (TPSA) is 69.2 Å². The lowest BCUT2D eigenvalue weighted by Crippen LogP contribution is -2.34. The number of H-pyrrole nitrogens is 1. The molecular weight excluding hydrogens is 310 g/mol. The van der Waals surface area contributed by atoms with Gasteiger partial charge in [-0.25, -0.2) is 4.98 Å². The lowest BCUT2D eigenvalue weighted by Gasteiger charge is -2.24. The Balaban J connectivity index is 1.89. The van der Waals surface area contributed by atoms with Gasteiger partial charge in [0, 0.05) is 18.0 Å². The van der Waals surface area contributed by atoms with E-state index in [1.54, 1.807) is 18.3 Å². The summed E-state index contributed by atoms with van der Waals surface area (Å²) in [5, 5.41) is 10.5. The van der Waals surface area contributed by atoms with E-state index in [0.717, 1.165) is 36.0 Å². The van der Waals surface area contributed by atoms with Crippen LogP contribution in [0, 0.1) is 5.92 Å². The van der Waals surface area contributed by atoms with Gasteiger partial charge in [0.1, 0.15) is 10.7 Å². The van der Waals surface area contributed by atoms with Crippen LogP contribution >= 0.6 is 11.3 Å². The van der Waals surface area contributed by atoms with Gasteiger partial charge in [0.2, 0.25) is 0 Å². The van der Waals surface area contributed by atoms with Crippen LogP contribution in [-0.4, -0.2) is 39.2 Å². The minimum atomic E-state index is -0.394. The average Bonchev–Trinajstić information content (AvgIpc) is 2.96. The molecule has 1 atom stereocenters. The first-order valence-corrected chi connectivity index (χ1v) is 9.19. The number of nitrogens with zero attached hydrogens (tertiary/aromatic N) is 2. The summed E-state index contributed by atoms with van der Waals surface area (Å²) in [6, 6.07) is 0. The second-order valence-electron chi connectivity index (χ2n) is 6.99. The molecule has 5 nitrogen and oxygen atoms in total. The summed E-state index contributed by atoms with van der Waals surface area (Å²) >= 11 is 1.67. The third-order valence-electron chi connectivity index (χ3n) is 4.14. The summed E-state index contributed by atoms with van der Waals surface area (Å²) in [4.78, 5) is 24.5. The summed E-state index contributed by atoms with van der Waals surface area (Å²) in [7, 11) is 0. The van der Waals surface area contributed by atoms with Crippen molar-refractivity contribution in [2.45, 2.75) is 52.7 Å². The van der Waals surface area contributed by atoms with Crippen molar-refractivity contribution >= 4 is 21.6 Å². The summed E-state index contributed by atoms with van der Waals surface area (Å²) in [5.74, 6) is 1.19. The lowest BCUT2D eigenvalue weighted by molar-refractivity contribution is 0.113. The molecule has 0 fully saturated rings. The third-order valence-corrected chi connectivity index (χ3v) is 5.33. The zero-order chi connectivity index (χ0) is 16.6. The van der Waals surface area contributed by atoms with Crippen LogP contribution in [0.25, 0.3) is 10.2 Å². The second kappa shape index (κ2) is 6.71. The minimum absolute atomic E-state index is 0.00839. The molecule has 3 rings (SSSR count). The summed E-state index contributed by atoms with van der Waals surface area (Å²) in [5.41, 5.74) is 1.21. The van der Waals surface area contributed by atoms with Gasteiger partial charge in [-0.3, -0.25) is 9.69 Å². The first-order valence-electron chi connectivity index (χ1n) is 8.38. The van der Waals surface area contributed by atoms with Crippen LogP contribution in [0.5, 0.6) is 0 Å². The molecule has 0 amide bonds. The zero-order valence-corrected chi connectivity index (χ0v) is 14.9. The van der Waals surface area contributed by atoms with E-state index in [9.17, 15) is 9.90 Å². The Labute approximate surface area is 140 Å². The normalized spacial score (nSPS) is 15.7. The molecule has 23 heavy (non-hydrogen) atoms. The van der Waals surface area contributed by atoms with Crippen molar-refractivity contribution in [1.29, 1.82) is 0 Å². The Morgan fingerprint density at radius 3 is 2.78 bits per heavy atom. The maximum atomic E-state index is 12.5. The summed E-state index contributed by atoms with van der Waals surface area (Å²) in [6.45, 7) is 8.11. The highest BCUT2D eigenvalue weighted by Gasteiger charge is 2.21. The minimum Gasteiger partial charge on any atom is -0.392 e. The van der Waals surface area contributed by atoms with Gasteiger partial charge >= 0.3 is 0 Å². The van der Waals surface area contributed by atoms with Gasteiger partial charge in [-0.05, 0) is 37.7 Å². The average molecular weight is 335 g/mol. The first-order chi connectivity index (χ1) is 10.9. The van der Waals surface area contributed by atoms with Crippen LogP contribution in [0.1, 0.15) is 43.5 Å². The lowest BCUT2D eigenvalue weighted by atomic mass is 10.2. The fourth-order valence-electron chi connectivity index (χ4n) is 3.43. The van der Waals surface area contributed by atoms with Crippen LogP contribution in [0.2, 0.25) is 0 Å². The number of aromatic amines is 1. The molecule has 0 aliphatic heterocycles. The fourth-order valence-corrected chi connectivity index (χ4v) is 4.71. The molecule has 2 N–H and O–H groups in total. The zero-order valence-electron chi connectivity index (χ0n) is 14.1. The van der Waals surface area contributed by atoms with Crippen molar-refractivity contribution in [2.75, 3.05) is 13.1 Å². The molecule has 0 bridgehead atoms. The highest BCUT2D eigenvalue weighted by molar-refractivity contribution is 7.18. The van der Waals surface area contributed by atoms with E-state index in [2.05, 4.69) is 23.7 Å². The highest BCUT2D eigenvalue weighted by Crippen LogP contribution is 2.34. The second-order valence-corrected chi connectivity index (χ2v) is 8.07. The van der Waals surface area contributed by atoms with Crippen molar-refractivity contribution in [3.63, 3.8) is 0 Å². The van der Waals surface area contributed by atoms with E-state index in [0.29, 0.717) is 24.8 Å². The quantitative estimate of drug-likeness (QED) is 0.850. The van der Waals surface area contributed by atoms with Gasteiger partial charge in [0.05, 0.1) is 18.0 Å². The standard InChI is InChI=1S/C17H25N3O2S/c1-10(2)7-20(8-11(3)21)9-14-18-16(22)15-12-5-4-6-13(12)23-17(15)19-14/h10-11,21H,4-9H2,1-3H3,(H,18,19,22). The molecular formula is C17H25N3O2S. The van der Waals surface area contributed by atoms with Gasteiger partial charge in [0.15, 0.2) is 0 Å². The predicted octanol–water partition coefficient (Wildman–Crippen LogP) is 2.31. The molecule has 2 heterocycles. The monoisotopic (exact) mass is 335 g/mol. The highest BCUT2D eigenvalue weighted by atomic mass is 32.1. The number of nitrogens with one attached hydrogen (secondary N) is 1. The molecule has 0 spiro atoms. The predicted molar refractivity (Wildman–Crippen MR) is 94.1 cm³/mol. The number of hydrogen-bond acceptors (Lipinski definition) is 5. The number of aliphatic hydroxyl groups is 1. The van der Waals surface area contributed by atoms with Gasteiger partial charge in [-0.15, -0.1) is 11.3 Å². The molecule has 0 saturated carbocycles. The van der Waals surface area contributed by atoms with E-state index >= 15 is 0 Å². The maximum Gasteiger partial charge on any atom is 0.259 e. The van der Waals surface area contributed by atoms with Crippen molar-refractivity contribution in [2.24, 2.45) is 5.92 Å². The molecule has 126 valence electrons. The summed E-state index contributed by atoms with van der Waals surface area (Å²) < 4.78 is 0. The Morgan fingerprint density at radius 1 is 1.30 bits per heavy atom. The van der Waals surface area contributed by atoms with Crippen LogP contribution in [0.15, 0.2) is 4.79 Å². The third kappa shape index (κ3) is 3.65. The molecule has 1 aliphatic carbocycles. The van der Waals surface area contributed by atoms with Crippen molar-refractivity contribution in [3.05, 3.63) is 26.6 Å². The Hall–Kier alpha value is -1.24. The van der Waals surface area contributed by atoms with E-state index in [1.165, 1.54) is 10.4 Å². The molecule has 2 aromatic rings. The van der Waals surface area contributed by atoms with Gasteiger partial charge in [-0.2, -0.15) is 0 Å². The van der Waals surface area contributed by atoms with Crippen molar-refractivity contribution in [3.8, 4) is 0 Å². The molecule has 0 radical (unpaired) electrons. The van der Waals surface area contributed by atoms with Gasteiger partial charge in [0.25, 0.3) is 5.56 Å². The molecule has 0 saturated heterocycles. The van der Waals surface area contributed by atoms with E-state index in [-0.39, 0.29) is 5.56 Å². The Kier molecular flexibility index (Phi) is 4.85. The first kappa shape index (κ1) is 16.6. The SMILES string of the molecule is CC(C)CN(Cc1nc2sc3c(c2c(=O)[nH]1)CCC3)CC(C)O. The number of thiophene rings is 1. The Morgan fingerprint density at radius 2 is 2.09 bits per heavy atom. The van der Waals surface area contributed by atoms with E-state index < -0.39 is 6.10 Å². The van der Waals surface area contributed by atoms with Crippen LogP contribution in [0.3, 0.4) is 0 Å². The number of hydrogen-bond donors (Lipinski definition) is 2. The van der Waals surface area contributed by atoms with E-state index in [4.69, 9.17) is 4.98 Å². The molecule has 6 heteroatoms.